The maximum atomic E-state index is 14.9. The van der Waals surface area contributed by atoms with Gasteiger partial charge in [0.2, 0.25) is 5.95 Å². The molecule has 33 heavy (non-hydrogen) atoms. The summed E-state index contributed by atoms with van der Waals surface area (Å²) in [7, 11) is 0. The van der Waals surface area contributed by atoms with E-state index in [2.05, 4.69) is 35.6 Å². The minimum absolute atomic E-state index is 0.123. The minimum atomic E-state index is -0.852. The number of pyridine rings is 2. The number of hydrogen-bond donors (Lipinski definition) is 3. The molecular weight excluding hydrogens is 421 g/mol. The van der Waals surface area contributed by atoms with E-state index in [9.17, 15) is 9.18 Å². The van der Waals surface area contributed by atoms with Crippen molar-refractivity contribution in [2.45, 2.75) is 45.1 Å². The molecular formula is C24H24FN7O. The summed E-state index contributed by atoms with van der Waals surface area (Å²) in [6, 6.07) is 7.03. The maximum absolute atomic E-state index is 14.9. The molecule has 0 amide bonds. The predicted molar refractivity (Wildman–Crippen MR) is 124 cm³/mol. The first kappa shape index (κ1) is 21.0. The third-order valence-electron chi connectivity index (χ3n) is 5.86. The molecule has 1 saturated carbocycles. The van der Waals surface area contributed by atoms with Crippen molar-refractivity contribution in [3.63, 3.8) is 0 Å². The Bertz CT molecular complexity index is 1310. The fourth-order valence-electron chi connectivity index (χ4n) is 3.65. The van der Waals surface area contributed by atoms with Gasteiger partial charge in [0.1, 0.15) is 23.6 Å². The molecule has 0 bridgehead atoms. The Morgan fingerprint density at radius 3 is 2.73 bits per heavy atom. The predicted octanol–water partition coefficient (Wildman–Crippen LogP) is 4.95. The Morgan fingerprint density at radius 1 is 1.18 bits per heavy atom. The van der Waals surface area contributed by atoms with Gasteiger partial charge >= 0.3 is 0 Å². The Morgan fingerprint density at radius 2 is 2.03 bits per heavy atom. The topological polar surface area (TPSA) is 108 Å². The second kappa shape index (κ2) is 8.57. The number of anilines is 3. The monoisotopic (exact) mass is 445 g/mol. The molecule has 0 aromatic carbocycles. The third-order valence-corrected chi connectivity index (χ3v) is 5.86. The van der Waals surface area contributed by atoms with E-state index in [1.165, 1.54) is 31.4 Å². The number of hydrogen-bond acceptors (Lipinski definition) is 7. The number of nitrogens with one attached hydrogen (secondary N) is 3. The van der Waals surface area contributed by atoms with Gasteiger partial charge in [0.25, 0.3) is 0 Å². The Balaban J connectivity index is 1.40. The molecule has 4 heterocycles. The van der Waals surface area contributed by atoms with E-state index in [1.807, 2.05) is 26.0 Å². The summed E-state index contributed by atoms with van der Waals surface area (Å²) in [5.74, 6) is 0.0559. The van der Waals surface area contributed by atoms with Crippen LogP contribution in [0.1, 0.15) is 60.6 Å². The van der Waals surface area contributed by atoms with Crippen LogP contribution in [0.5, 0.6) is 0 Å². The van der Waals surface area contributed by atoms with Crippen LogP contribution in [-0.2, 0) is 0 Å². The number of ketones is 1. The first-order chi connectivity index (χ1) is 16.0. The van der Waals surface area contributed by atoms with E-state index in [0.717, 1.165) is 12.1 Å². The van der Waals surface area contributed by atoms with Gasteiger partial charge < -0.3 is 15.6 Å². The summed E-state index contributed by atoms with van der Waals surface area (Å²) in [6.07, 6.45) is 7.91. The summed E-state index contributed by atoms with van der Waals surface area (Å²) in [5.41, 5.74) is 2.46. The van der Waals surface area contributed by atoms with E-state index in [0.29, 0.717) is 34.3 Å². The Labute approximate surface area is 190 Å². The highest BCUT2D eigenvalue weighted by molar-refractivity contribution is 6.18. The maximum Gasteiger partial charge on any atom is 0.226 e. The summed E-state index contributed by atoms with van der Waals surface area (Å²) >= 11 is 0. The molecule has 1 aliphatic rings. The molecule has 8 nitrogen and oxygen atoms in total. The molecule has 0 unspecified atom stereocenters. The average Bonchev–Trinajstić information content (AvgIpc) is 3.58. The molecule has 4 aromatic heterocycles. The van der Waals surface area contributed by atoms with Crippen molar-refractivity contribution >= 4 is 34.1 Å². The zero-order chi connectivity index (χ0) is 22.9. The highest BCUT2D eigenvalue weighted by atomic mass is 19.1. The van der Waals surface area contributed by atoms with Gasteiger partial charge in [0.05, 0.1) is 28.4 Å². The molecule has 1 atom stereocenters. The van der Waals surface area contributed by atoms with Gasteiger partial charge in [-0.1, -0.05) is 6.92 Å². The van der Waals surface area contributed by atoms with Crippen LogP contribution in [0.4, 0.5) is 21.7 Å². The van der Waals surface area contributed by atoms with Crippen LogP contribution in [0.2, 0.25) is 0 Å². The highest BCUT2D eigenvalue weighted by Gasteiger charge is 2.25. The van der Waals surface area contributed by atoms with E-state index in [1.54, 1.807) is 12.3 Å². The van der Waals surface area contributed by atoms with Crippen LogP contribution in [0.25, 0.3) is 11.0 Å². The van der Waals surface area contributed by atoms with Crippen LogP contribution in [-0.4, -0.2) is 36.7 Å². The van der Waals surface area contributed by atoms with Crippen LogP contribution in [0.15, 0.2) is 43.0 Å². The molecule has 0 radical (unpaired) electrons. The molecule has 0 spiro atoms. The van der Waals surface area contributed by atoms with E-state index >= 15 is 0 Å². The van der Waals surface area contributed by atoms with E-state index in [-0.39, 0.29) is 17.2 Å². The van der Waals surface area contributed by atoms with Crippen molar-refractivity contribution in [3.8, 4) is 0 Å². The third kappa shape index (κ3) is 4.26. The van der Waals surface area contributed by atoms with Gasteiger partial charge in [0.15, 0.2) is 5.78 Å². The van der Waals surface area contributed by atoms with Gasteiger partial charge in [-0.15, -0.1) is 0 Å². The number of aromatic amines is 1. The van der Waals surface area contributed by atoms with Crippen LogP contribution >= 0.6 is 0 Å². The molecule has 5 rings (SSSR count). The normalized spacial score (nSPS) is 14.3. The summed E-state index contributed by atoms with van der Waals surface area (Å²) in [6.45, 7) is 4.07. The number of carbonyl (C=O) groups excluding carboxylic acids is 1. The van der Waals surface area contributed by atoms with Crippen molar-refractivity contribution in [3.05, 3.63) is 65.8 Å². The lowest BCUT2D eigenvalue weighted by Gasteiger charge is -2.13. The second-order valence-electron chi connectivity index (χ2n) is 8.34. The van der Waals surface area contributed by atoms with Gasteiger partial charge in [-0.25, -0.2) is 15.0 Å². The molecule has 9 heteroatoms. The van der Waals surface area contributed by atoms with Crippen molar-refractivity contribution in [1.82, 2.24) is 24.9 Å². The average molecular weight is 446 g/mol. The molecule has 168 valence electrons. The Hall–Kier alpha value is -3.88. The van der Waals surface area contributed by atoms with Crippen molar-refractivity contribution < 1.29 is 9.18 Å². The SMILES string of the molecule is CC[C@H](C)Nc1ncnc2[nH]cc(C(=O)c3ccc(Nc4ccc(C5CC5)nc4)nc3F)c12. The highest BCUT2D eigenvalue weighted by Crippen LogP contribution is 2.39. The van der Waals surface area contributed by atoms with Gasteiger partial charge in [-0.2, -0.15) is 4.39 Å². The lowest BCUT2D eigenvalue weighted by Crippen LogP contribution is -2.15. The summed E-state index contributed by atoms with van der Waals surface area (Å²) in [5, 5.41) is 6.86. The summed E-state index contributed by atoms with van der Waals surface area (Å²) in [4.78, 5) is 33.1. The smallest absolute Gasteiger partial charge is 0.226 e. The van der Waals surface area contributed by atoms with E-state index < -0.39 is 11.7 Å². The molecule has 1 fully saturated rings. The van der Waals surface area contributed by atoms with Crippen LogP contribution in [0, 0.1) is 5.95 Å². The Kier molecular flexibility index (Phi) is 5.45. The van der Waals surface area contributed by atoms with Gasteiger partial charge in [-0.3, -0.25) is 9.78 Å². The second-order valence-corrected chi connectivity index (χ2v) is 8.34. The molecule has 1 aliphatic carbocycles. The molecule has 0 saturated heterocycles. The summed E-state index contributed by atoms with van der Waals surface area (Å²) < 4.78 is 14.9. The van der Waals surface area contributed by atoms with E-state index in [4.69, 9.17) is 0 Å². The molecule has 4 aromatic rings. The zero-order valence-electron chi connectivity index (χ0n) is 18.4. The molecule has 3 N–H and O–H groups in total. The number of nitrogens with zero attached hydrogens (tertiary/aromatic N) is 4. The number of aromatic nitrogens is 5. The lowest BCUT2D eigenvalue weighted by atomic mass is 10.0. The van der Waals surface area contributed by atoms with Crippen molar-refractivity contribution in [2.75, 3.05) is 10.6 Å². The minimum Gasteiger partial charge on any atom is -0.367 e. The number of halogens is 1. The first-order valence-corrected chi connectivity index (χ1v) is 11.1. The number of H-pyrrole nitrogens is 1. The standard InChI is InChI=1S/C24H24FN7O/c1-3-13(2)30-24-20-17(11-27-23(20)28-12-29-24)21(33)16-7-9-19(32-22(16)25)31-15-6-8-18(26-10-15)14-4-5-14/h6-14H,3-5H2,1-2H3,(H,31,32)(H2,27,28,29,30)/t13-/m0/s1. The number of fused-ring (bicyclic) bond motifs is 1. The largest absolute Gasteiger partial charge is 0.367 e. The fraction of sp³-hybridized carbons (Fsp3) is 0.292. The van der Waals surface area contributed by atoms with Crippen molar-refractivity contribution in [2.24, 2.45) is 0 Å². The first-order valence-electron chi connectivity index (χ1n) is 11.1. The molecule has 0 aliphatic heterocycles. The number of rotatable bonds is 8. The quantitative estimate of drug-likeness (QED) is 0.260. The van der Waals surface area contributed by atoms with Crippen LogP contribution < -0.4 is 10.6 Å². The fourth-order valence-corrected chi connectivity index (χ4v) is 3.65. The van der Waals surface area contributed by atoms with Crippen LogP contribution in [0.3, 0.4) is 0 Å². The van der Waals surface area contributed by atoms with Gasteiger partial charge in [0, 0.05) is 23.9 Å². The van der Waals surface area contributed by atoms with Crippen molar-refractivity contribution in [1.29, 1.82) is 0 Å². The lowest BCUT2D eigenvalue weighted by molar-refractivity contribution is 0.103. The number of carbonyl (C=O) groups is 1. The zero-order valence-corrected chi connectivity index (χ0v) is 18.4. The van der Waals surface area contributed by atoms with Gasteiger partial charge in [-0.05, 0) is 50.5 Å².